The molecular formula is C12H18F3NO2. The minimum absolute atomic E-state index is 0.0185. The summed E-state index contributed by atoms with van der Waals surface area (Å²) in [7, 11) is 0. The minimum atomic E-state index is -4.07. The average Bonchev–Trinajstić information content (AvgIpc) is 2.31. The largest absolute Gasteiger partial charge is 0.401 e. The van der Waals surface area contributed by atoms with E-state index in [9.17, 15) is 18.0 Å². The Labute approximate surface area is 106 Å². The molecule has 1 saturated heterocycles. The summed E-state index contributed by atoms with van der Waals surface area (Å²) in [6.45, 7) is 5.47. The van der Waals surface area contributed by atoms with E-state index in [4.69, 9.17) is 4.74 Å². The van der Waals surface area contributed by atoms with E-state index < -0.39 is 12.7 Å². The molecule has 6 heteroatoms. The fraction of sp³-hybridized carbons (Fsp3) is 0.583. The standard InChI is InChI=1S/C6H10F3NO.C4H6O.C2H2/c7-6(8,9)5-10-1-3-11-4-2-10;1-3-4(2)5;1-2/h1-5H2;3H,1H2,2H3;1-2H. The molecule has 18 heavy (non-hydrogen) atoms. The molecule has 0 saturated carbocycles. The third kappa shape index (κ3) is 14.7. The Balaban J connectivity index is 0. The molecule has 0 aromatic carbocycles. The van der Waals surface area contributed by atoms with E-state index >= 15 is 0 Å². The number of hydrogen-bond donors (Lipinski definition) is 0. The molecule has 0 N–H and O–H groups in total. The molecule has 3 nitrogen and oxygen atoms in total. The summed E-state index contributed by atoms with van der Waals surface area (Å²) in [5.74, 6) is 0.0185. The Morgan fingerprint density at radius 3 is 2.06 bits per heavy atom. The van der Waals surface area contributed by atoms with Crippen LogP contribution in [0.3, 0.4) is 0 Å². The molecule has 104 valence electrons. The smallest absolute Gasteiger partial charge is 0.379 e. The van der Waals surface area contributed by atoms with E-state index in [1.807, 2.05) is 0 Å². The Bertz CT molecular complexity index is 256. The first kappa shape index (κ1) is 19.0. The van der Waals surface area contributed by atoms with Gasteiger partial charge in [0.05, 0.1) is 19.8 Å². The highest BCUT2D eigenvalue weighted by Gasteiger charge is 2.31. The molecule has 0 amide bonds. The zero-order valence-electron chi connectivity index (χ0n) is 10.4. The van der Waals surface area contributed by atoms with Gasteiger partial charge in [-0.25, -0.2) is 0 Å². The summed E-state index contributed by atoms with van der Waals surface area (Å²) in [5.41, 5.74) is 0. The number of carbonyl (C=O) groups excluding carboxylic acids is 1. The van der Waals surface area contributed by atoms with Crippen molar-refractivity contribution in [1.82, 2.24) is 4.90 Å². The fourth-order valence-corrected chi connectivity index (χ4v) is 1.01. The van der Waals surface area contributed by atoms with Gasteiger partial charge < -0.3 is 4.74 Å². The predicted octanol–water partition coefficient (Wildman–Crippen LogP) is 1.89. The molecule has 0 radical (unpaired) electrons. The normalized spacial score (nSPS) is 15.4. The molecule has 1 aliphatic heterocycles. The fourth-order valence-electron chi connectivity index (χ4n) is 1.01. The minimum Gasteiger partial charge on any atom is -0.379 e. The van der Waals surface area contributed by atoms with E-state index in [0.29, 0.717) is 26.3 Å². The van der Waals surface area contributed by atoms with Crippen LogP contribution in [-0.4, -0.2) is 49.7 Å². The molecule has 1 fully saturated rings. The Morgan fingerprint density at radius 2 is 1.78 bits per heavy atom. The first-order chi connectivity index (χ1) is 8.35. The van der Waals surface area contributed by atoms with E-state index in [1.54, 1.807) is 0 Å². The lowest BCUT2D eigenvalue weighted by atomic mass is 10.4. The summed E-state index contributed by atoms with van der Waals surface area (Å²) in [5, 5.41) is 0. The summed E-state index contributed by atoms with van der Waals surface area (Å²) >= 11 is 0. The van der Waals surface area contributed by atoms with Crippen LogP contribution in [0.25, 0.3) is 0 Å². The van der Waals surface area contributed by atoms with Crippen molar-refractivity contribution in [3.8, 4) is 12.8 Å². The maximum absolute atomic E-state index is 11.8. The zero-order chi connectivity index (χ0) is 14.6. The lowest BCUT2D eigenvalue weighted by Crippen LogP contribution is -2.41. The Morgan fingerprint density at radius 1 is 1.39 bits per heavy atom. The van der Waals surface area contributed by atoms with Gasteiger partial charge in [-0.05, 0) is 13.0 Å². The van der Waals surface area contributed by atoms with Crippen LogP contribution in [0.5, 0.6) is 0 Å². The number of terminal acetylenes is 1. The van der Waals surface area contributed by atoms with Crippen LogP contribution in [0.2, 0.25) is 0 Å². The van der Waals surface area contributed by atoms with Gasteiger partial charge in [0.25, 0.3) is 0 Å². The first-order valence-electron chi connectivity index (χ1n) is 5.18. The van der Waals surface area contributed by atoms with Crippen LogP contribution in [0.1, 0.15) is 6.92 Å². The molecule has 1 aliphatic rings. The molecular weight excluding hydrogens is 247 g/mol. The number of ether oxygens (including phenoxy) is 1. The van der Waals surface area contributed by atoms with Crippen molar-refractivity contribution < 1.29 is 22.7 Å². The number of carbonyl (C=O) groups is 1. The quantitative estimate of drug-likeness (QED) is 0.564. The second kappa shape index (κ2) is 10.8. The van der Waals surface area contributed by atoms with Crippen molar-refractivity contribution in [2.45, 2.75) is 13.1 Å². The molecule has 0 unspecified atom stereocenters. The number of nitrogens with zero attached hydrogens (tertiary/aromatic N) is 1. The van der Waals surface area contributed by atoms with Crippen molar-refractivity contribution in [1.29, 1.82) is 0 Å². The second-order valence-corrected chi connectivity index (χ2v) is 3.32. The number of ketones is 1. The van der Waals surface area contributed by atoms with Crippen molar-refractivity contribution in [2.75, 3.05) is 32.8 Å². The van der Waals surface area contributed by atoms with Gasteiger partial charge in [-0.2, -0.15) is 13.2 Å². The van der Waals surface area contributed by atoms with Gasteiger partial charge in [0.1, 0.15) is 0 Å². The zero-order valence-corrected chi connectivity index (χ0v) is 10.4. The van der Waals surface area contributed by atoms with Gasteiger partial charge in [-0.3, -0.25) is 9.69 Å². The lowest BCUT2D eigenvalue weighted by molar-refractivity contribution is -0.153. The maximum Gasteiger partial charge on any atom is 0.401 e. The topological polar surface area (TPSA) is 29.5 Å². The van der Waals surface area contributed by atoms with Gasteiger partial charge in [-0.1, -0.05) is 6.58 Å². The van der Waals surface area contributed by atoms with Gasteiger partial charge >= 0.3 is 6.18 Å². The average molecular weight is 265 g/mol. The third-order valence-corrected chi connectivity index (χ3v) is 1.79. The van der Waals surface area contributed by atoms with Crippen molar-refractivity contribution in [3.05, 3.63) is 12.7 Å². The number of hydrogen-bond acceptors (Lipinski definition) is 3. The SMILES string of the molecule is C#C.C=CC(C)=O.FC(F)(F)CN1CCOCC1. The molecule has 0 aromatic heterocycles. The summed E-state index contributed by atoms with van der Waals surface area (Å²) in [6.07, 6.45) is 5.21. The highest BCUT2D eigenvalue weighted by atomic mass is 19.4. The molecule has 0 spiro atoms. The highest BCUT2D eigenvalue weighted by Crippen LogP contribution is 2.16. The lowest BCUT2D eigenvalue weighted by Gasteiger charge is -2.27. The molecule has 0 aliphatic carbocycles. The van der Waals surface area contributed by atoms with Gasteiger partial charge in [-0.15, -0.1) is 12.8 Å². The predicted molar refractivity (Wildman–Crippen MR) is 64.1 cm³/mol. The van der Waals surface area contributed by atoms with Crippen LogP contribution in [0.15, 0.2) is 12.7 Å². The monoisotopic (exact) mass is 265 g/mol. The van der Waals surface area contributed by atoms with Gasteiger partial charge in [0.2, 0.25) is 0 Å². The number of halogens is 3. The van der Waals surface area contributed by atoms with Crippen LogP contribution in [-0.2, 0) is 9.53 Å². The van der Waals surface area contributed by atoms with E-state index in [1.165, 1.54) is 17.9 Å². The van der Waals surface area contributed by atoms with Crippen molar-refractivity contribution >= 4 is 5.78 Å². The van der Waals surface area contributed by atoms with Crippen molar-refractivity contribution in [2.24, 2.45) is 0 Å². The molecule has 0 bridgehead atoms. The van der Waals surface area contributed by atoms with E-state index in [2.05, 4.69) is 19.4 Å². The number of morpholine rings is 1. The molecule has 1 rings (SSSR count). The number of allylic oxidation sites excluding steroid dienone is 1. The van der Waals surface area contributed by atoms with Crippen LogP contribution < -0.4 is 0 Å². The summed E-state index contributed by atoms with van der Waals surface area (Å²) in [6, 6.07) is 0. The number of rotatable bonds is 2. The van der Waals surface area contributed by atoms with Crippen LogP contribution in [0, 0.1) is 12.8 Å². The maximum atomic E-state index is 11.8. The molecule has 0 atom stereocenters. The second-order valence-electron chi connectivity index (χ2n) is 3.32. The summed E-state index contributed by atoms with van der Waals surface area (Å²) in [4.78, 5) is 11.0. The van der Waals surface area contributed by atoms with Gasteiger partial charge in [0.15, 0.2) is 5.78 Å². The Kier molecular flexibility index (Phi) is 11.4. The molecule has 0 aromatic rings. The van der Waals surface area contributed by atoms with Gasteiger partial charge in [0, 0.05) is 13.1 Å². The van der Waals surface area contributed by atoms with E-state index in [0.717, 1.165) is 0 Å². The van der Waals surface area contributed by atoms with Crippen LogP contribution >= 0.6 is 0 Å². The molecule has 1 heterocycles. The van der Waals surface area contributed by atoms with Crippen LogP contribution in [0.4, 0.5) is 13.2 Å². The Hall–Kier alpha value is -1.32. The first-order valence-corrected chi connectivity index (χ1v) is 5.18. The highest BCUT2D eigenvalue weighted by molar-refractivity contribution is 5.86. The van der Waals surface area contributed by atoms with Crippen molar-refractivity contribution in [3.63, 3.8) is 0 Å². The number of alkyl halides is 3. The van der Waals surface area contributed by atoms with E-state index in [-0.39, 0.29) is 5.78 Å². The summed E-state index contributed by atoms with van der Waals surface area (Å²) < 4.78 is 40.2. The third-order valence-electron chi connectivity index (χ3n) is 1.79.